The minimum absolute atomic E-state index is 0.716. The summed E-state index contributed by atoms with van der Waals surface area (Å²) >= 11 is 9.54. The van der Waals surface area contributed by atoms with E-state index in [9.17, 15) is 0 Å². The molecule has 2 saturated heterocycles. The molecule has 0 radical (unpaired) electrons. The van der Waals surface area contributed by atoms with Crippen molar-refractivity contribution in [3.63, 3.8) is 0 Å². The van der Waals surface area contributed by atoms with Crippen LogP contribution in [0.1, 0.15) is 31.2 Å². The Hall–Kier alpha value is -0.0900. The second kappa shape index (κ2) is 5.72. The Balaban J connectivity index is 1.64. The molecule has 2 aliphatic heterocycles. The summed E-state index contributed by atoms with van der Waals surface area (Å²) in [6, 6.07) is 8.45. The van der Waals surface area contributed by atoms with Crippen molar-refractivity contribution in [1.82, 2.24) is 10.2 Å². The van der Waals surface area contributed by atoms with Gasteiger partial charge in [-0.1, -0.05) is 17.7 Å². The maximum Gasteiger partial charge on any atom is 0.0548 e. The van der Waals surface area contributed by atoms with Crippen LogP contribution in [0.3, 0.4) is 0 Å². The zero-order valence-electron chi connectivity index (χ0n) is 11.2. The quantitative estimate of drug-likeness (QED) is 0.897. The molecule has 2 aliphatic rings. The largest absolute Gasteiger partial charge is 0.311 e. The van der Waals surface area contributed by atoms with Gasteiger partial charge < -0.3 is 5.32 Å². The molecule has 2 atom stereocenters. The van der Waals surface area contributed by atoms with E-state index in [-0.39, 0.29) is 0 Å². The van der Waals surface area contributed by atoms with Crippen molar-refractivity contribution >= 4 is 27.5 Å². The third-order valence-electron chi connectivity index (χ3n) is 4.49. The van der Waals surface area contributed by atoms with Gasteiger partial charge in [0.15, 0.2) is 0 Å². The first-order chi connectivity index (χ1) is 9.11. The monoisotopic (exact) mass is 342 g/mol. The normalized spacial score (nSPS) is 30.0. The lowest BCUT2D eigenvalue weighted by Gasteiger charge is -2.35. The molecule has 1 aromatic rings. The van der Waals surface area contributed by atoms with E-state index in [1.807, 2.05) is 6.07 Å². The predicted octanol–water partition coefficient (Wildman–Crippen LogP) is 3.82. The Morgan fingerprint density at radius 2 is 2.00 bits per heavy atom. The molecule has 0 saturated carbocycles. The molecule has 2 heterocycles. The second-order valence-corrected chi connectivity index (χ2v) is 7.19. The molecule has 0 spiro atoms. The highest BCUT2D eigenvalue weighted by atomic mass is 79.9. The molecule has 2 bridgehead atoms. The Labute approximate surface area is 128 Å². The number of rotatable bonds is 3. The maximum absolute atomic E-state index is 6.04. The van der Waals surface area contributed by atoms with E-state index in [4.69, 9.17) is 11.6 Å². The van der Waals surface area contributed by atoms with Crippen molar-refractivity contribution in [2.75, 3.05) is 7.05 Å². The third-order valence-corrected chi connectivity index (χ3v) is 5.70. The smallest absolute Gasteiger partial charge is 0.0548 e. The average Bonchev–Trinajstić information content (AvgIpc) is 2.72. The van der Waals surface area contributed by atoms with Crippen LogP contribution in [0.2, 0.25) is 5.02 Å². The molecule has 2 unspecified atom stereocenters. The topological polar surface area (TPSA) is 15.3 Å². The van der Waals surface area contributed by atoms with Crippen LogP contribution in [0.5, 0.6) is 0 Å². The molecule has 104 valence electrons. The van der Waals surface area contributed by atoms with Gasteiger partial charge in [-0.2, -0.15) is 0 Å². The highest BCUT2D eigenvalue weighted by Crippen LogP contribution is 2.30. The number of hydrogen-bond donors (Lipinski definition) is 1. The van der Waals surface area contributed by atoms with Gasteiger partial charge in [0.05, 0.1) is 5.02 Å². The average molecular weight is 344 g/mol. The lowest BCUT2D eigenvalue weighted by molar-refractivity contribution is 0.166. The van der Waals surface area contributed by atoms with Crippen molar-refractivity contribution in [1.29, 1.82) is 0 Å². The van der Waals surface area contributed by atoms with Gasteiger partial charge in [-0.25, -0.2) is 0 Å². The van der Waals surface area contributed by atoms with Crippen molar-refractivity contribution in [3.05, 3.63) is 33.3 Å². The molecule has 4 heteroatoms. The Morgan fingerprint density at radius 1 is 1.32 bits per heavy atom. The zero-order valence-corrected chi connectivity index (χ0v) is 13.5. The van der Waals surface area contributed by atoms with Crippen LogP contribution in [0.25, 0.3) is 0 Å². The summed E-state index contributed by atoms with van der Waals surface area (Å²) in [5.41, 5.74) is 1.32. The number of fused-ring (bicyclic) bond motifs is 2. The van der Waals surface area contributed by atoms with Crippen molar-refractivity contribution in [2.24, 2.45) is 0 Å². The van der Waals surface area contributed by atoms with Gasteiger partial charge in [0, 0.05) is 29.1 Å². The van der Waals surface area contributed by atoms with E-state index in [1.54, 1.807) is 0 Å². The van der Waals surface area contributed by atoms with Crippen molar-refractivity contribution in [2.45, 2.75) is 50.4 Å². The van der Waals surface area contributed by atoms with E-state index in [0.29, 0.717) is 6.04 Å². The number of nitrogens with one attached hydrogen (secondary N) is 1. The van der Waals surface area contributed by atoms with Gasteiger partial charge in [0.25, 0.3) is 0 Å². The first-order valence-electron chi connectivity index (χ1n) is 7.02. The lowest BCUT2D eigenvalue weighted by Crippen LogP contribution is -2.46. The lowest BCUT2D eigenvalue weighted by atomic mass is 9.98. The molecule has 2 nitrogen and oxygen atoms in total. The fraction of sp³-hybridized carbons (Fsp3) is 0.600. The second-order valence-electron chi connectivity index (χ2n) is 5.93. The molecule has 1 aromatic carbocycles. The van der Waals surface area contributed by atoms with E-state index in [2.05, 4.69) is 45.3 Å². The van der Waals surface area contributed by atoms with Crippen LogP contribution in [-0.4, -0.2) is 30.1 Å². The highest BCUT2D eigenvalue weighted by Gasteiger charge is 2.34. The SMILES string of the molecule is CN(Cc1ccc(Cl)c(Br)c1)C1CC2CCC(C1)N2. The van der Waals surface area contributed by atoms with Crippen LogP contribution in [0.4, 0.5) is 0 Å². The summed E-state index contributed by atoms with van der Waals surface area (Å²) in [6.07, 6.45) is 5.31. The number of hydrogen-bond acceptors (Lipinski definition) is 2. The van der Waals surface area contributed by atoms with Gasteiger partial charge in [-0.05, 0) is 66.4 Å². The summed E-state index contributed by atoms with van der Waals surface area (Å²) in [5.74, 6) is 0. The molecule has 1 N–H and O–H groups in total. The fourth-order valence-electron chi connectivity index (χ4n) is 3.44. The van der Waals surface area contributed by atoms with Gasteiger partial charge in [-0.3, -0.25) is 4.90 Å². The molecule has 0 amide bonds. The molecular formula is C15H20BrClN2. The number of nitrogens with zero attached hydrogens (tertiary/aromatic N) is 1. The summed E-state index contributed by atoms with van der Waals surface area (Å²) < 4.78 is 0.991. The maximum atomic E-state index is 6.04. The number of piperidine rings is 1. The molecular weight excluding hydrogens is 324 g/mol. The molecule has 3 rings (SSSR count). The molecule has 0 aromatic heterocycles. The fourth-order valence-corrected chi connectivity index (χ4v) is 3.99. The molecule has 2 fully saturated rings. The van der Waals surface area contributed by atoms with Crippen LogP contribution >= 0.6 is 27.5 Å². The first kappa shape index (κ1) is 13.9. The zero-order chi connectivity index (χ0) is 13.4. The van der Waals surface area contributed by atoms with Crippen molar-refractivity contribution in [3.8, 4) is 0 Å². The highest BCUT2D eigenvalue weighted by molar-refractivity contribution is 9.10. The Morgan fingerprint density at radius 3 is 2.63 bits per heavy atom. The van der Waals surface area contributed by atoms with Gasteiger partial charge in [0.2, 0.25) is 0 Å². The summed E-state index contributed by atoms with van der Waals surface area (Å²) in [5, 5.41) is 4.49. The summed E-state index contributed by atoms with van der Waals surface area (Å²) in [7, 11) is 2.25. The van der Waals surface area contributed by atoms with Crippen LogP contribution in [0.15, 0.2) is 22.7 Å². The third kappa shape index (κ3) is 3.15. The Bertz CT molecular complexity index is 453. The van der Waals surface area contributed by atoms with E-state index in [0.717, 1.165) is 28.1 Å². The number of benzene rings is 1. The van der Waals surface area contributed by atoms with Gasteiger partial charge >= 0.3 is 0 Å². The first-order valence-corrected chi connectivity index (χ1v) is 8.19. The van der Waals surface area contributed by atoms with E-state index < -0.39 is 0 Å². The summed E-state index contributed by atoms with van der Waals surface area (Å²) in [4.78, 5) is 2.50. The summed E-state index contributed by atoms with van der Waals surface area (Å²) in [6.45, 7) is 1.000. The van der Waals surface area contributed by atoms with E-state index in [1.165, 1.54) is 31.2 Å². The van der Waals surface area contributed by atoms with E-state index >= 15 is 0 Å². The molecule has 0 aliphatic carbocycles. The van der Waals surface area contributed by atoms with Gasteiger partial charge in [-0.15, -0.1) is 0 Å². The Kier molecular flexibility index (Phi) is 4.18. The van der Waals surface area contributed by atoms with Crippen LogP contribution < -0.4 is 5.32 Å². The minimum Gasteiger partial charge on any atom is -0.311 e. The van der Waals surface area contributed by atoms with Gasteiger partial charge in [0.1, 0.15) is 0 Å². The van der Waals surface area contributed by atoms with Crippen LogP contribution in [-0.2, 0) is 6.54 Å². The van der Waals surface area contributed by atoms with Crippen molar-refractivity contribution < 1.29 is 0 Å². The number of halogens is 2. The van der Waals surface area contributed by atoms with Crippen LogP contribution in [0, 0.1) is 0 Å². The predicted molar refractivity (Wildman–Crippen MR) is 83.6 cm³/mol. The standard InChI is InChI=1S/C15H20BrClN2/c1-19(9-10-2-5-15(17)14(16)6-10)13-7-11-3-4-12(8-13)18-11/h2,5-6,11-13,18H,3-4,7-9H2,1H3. The minimum atomic E-state index is 0.716. The molecule has 19 heavy (non-hydrogen) atoms.